The highest BCUT2D eigenvalue weighted by Crippen LogP contribution is 2.24. The molecular formula is C18H25ClN2O5S. The molecule has 0 radical (unpaired) electrons. The first kappa shape index (κ1) is 21.7. The van der Waals surface area contributed by atoms with Crippen LogP contribution in [0.3, 0.4) is 0 Å². The molecule has 9 heteroatoms. The van der Waals surface area contributed by atoms with Crippen LogP contribution in [0.4, 0.5) is 0 Å². The van der Waals surface area contributed by atoms with Crippen LogP contribution in [-0.4, -0.2) is 62.3 Å². The van der Waals surface area contributed by atoms with Gasteiger partial charge in [-0.15, -0.1) is 0 Å². The third-order valence-electron chi connectivity index (χ3n) is 4.54. The van der Waals surface area contributed by atoms with Crippen molar-refractivity contribution in [3.8, 4) is 0 Å². The van der Waals surface area contributed by atoms with Crippen LogP contribution in [0, 0.1) is 0 Å². The van der Waals surface area contributed by atoms with E-state index in [1.165, 1.54) is 22.5 Å². The number of piperidine rings is 1. The quantitative estimate of drug-likeness (QED) is 0.638. The van der Waals surface area contributed by atoms with Crippen molar-refractivity contribution >= 4 is 33.5 Å². The molecule has 27 heavy (non-hydrogen) atoms. The minimum Gasteiger partial charge on any atom is -0.452 e. The van der Waals surface area contributed by atoms with Crippen molar-refractivity contribution < 1.29 is 22.7 Å². The van der Waals surface area contributed by atoms with Crippen LogP contribution < -0.4 is 0 Å². The number of rotatable bonds is 7. The molecule has 1 aromatic carbocycles. The van der Waals surface area contributed by atoms with E-state index < -0.39 is 16.0 Å². The summed E-state index contributed by atoms with van der Waals surface area (Å²) < 4.78 is 31.6. The summed E-state index contributed by atoms with van der Waals surface area (Å²) in [7, 11) is -3.73. The standard InChI is InChI=1S/C18H25ClN2O5S/c1-3-21(4-2)27(24,25)14-8-9-16(19)15(12-14)18(23)26-13-17(22)20-10-6-5-7-11-20/h8-9,12H,3-7,10-11,13H2,1-2H3. The smallest absolute Gasteiger partial charge is 0.340 e. The third-order valence-corrected chi connectivity index (χ3v) is 6.91. The summed E-state index contributed by atoms with van der Waals surface area (Å²) in [6.07, 6.45) is 2.97. The Kier molecular flexibility index (Phi) is 7.64. The van der Waals surface area contributed by atoms with Gasteiger partial charge in [-0.2, -0.15) is 4.31 Å². The van der Waals surface area contributed by atoms with Crippen molar-refractivity contribution in [1.82, 2.24) is 9.21 Å². The van der Waals surface area contributed by atoms with Crippen LogP contribution in [0.5, 0.6) is 0 Å². The van der Waals surface area contributed by atoms with Gasteiger partial charge in [0.2, 0.25) is 10.0 Å². The summed E-state index contributed by atoms with van der Waals surface area (Å²) in [5.41, 5.74) is -0.0728. The molecule has 0 bridgehead atoms. The van der Waals surface area contributed by atoms with E-state index in [0.29, 0.717) is 26.2 Å². The van der Waals surface area contributed by atoms with Crippen LogP contribution in [0.15, 0.2) is 23.1 Å². The van der Waals surface area contributed by atoms with Gasteiger partial charge in [-0.3, -0.25) is 4.79 Å². The minimum atomic E-state index is -3.73. The van der Waals surface area contributed by atoms with E-state index in [2.05, 4.69) is 0 Å². The lowest BCUT2D eigenvalue weighted by Gasteiger charge is -2.26. The lowest BCUT2D eigenvalue weighted by atomic mass is 10.1. The Morgan fingerprint density at radius 1 is 1.15 bits per heavy atom. The van der Waals surface area contributed by atoms with Crippen molar-refractivity contribution in [1.29, 1.82) is 0 Å². The Hall–Kier alpha value is -1.64. The first-order valence-corrected chi connectivity index (χ1v) is 10.9. The number of carbonyl (C=O) groups excluding carboxylic acids is 2. The fraction of sp³-hybridized carbons (Fsp3) is 0.556. The SMILES string of the molecule is CCN(CC)S(=O)(=O)c1ccc(Cl)c(C(=O)OCC(=O)N2CCCCC2)c1. The molecule has 1 aliphatic heterocycles. The average Bonchev–Trinajstić information content (AvgIpc) is 2.67. The van der Waals surface area contributed by atoms with Crippen molar-refractivity contribution in [3.63, 3.8) is 0 Å². The molecule has 0 saturated carbocycles. The zero-order chi connectivity index (χ0) is 20.0. The largest absolute Gasteiger partial charge is 0.452 e. The maximum absolute atomic E-state index is 12.6. The molecule has 0 atom stereocenters. The third kappa shape index (κ3) is 5.21. The number of likely N-dealkylation sites (tertiary alicyclic amines) is 1. The van der Waals surface area contributed by atoms with Gasteiger partial charge in [0.05, 0.1) is 15.5 Å². The monoisotopic (exact) mass is 416 g/mol. The fourth-order valence-electron chi connectivity index (χ4n) is 2.97. The van der Waals surface area contributed by atoms with Gasteiger partial charge in [-0.05, 0) is 37.5 Å². The molecule has 150 valence electrons. The highest BCUT2D eigenvalue weighted by Gasteiger charge is 2.25. The van der Waals surface area contributed by atoms with Crippen LogP contribution in [0.2, 0.25) is 5.02 Å². The van der Waals surface area contributed by atoms with Crippen LogP contribution in [-0.2, 0) is 19.6 Å². The van der Waals surface area contributed by atoms with Gasteiger partial charge in [0.1, 0.15) is 0 Å². The Bertz CT molecular complexity index is 787. The molecule has 1 amide bonds. The lowest BCUT2D eigenvalue weighted by Crippen LogP contribution is -2.38. The maximum atomic E-state index is 12.6. The molecule has 0 aromatic heterocycles. The number of halogens is 1. The average molecular weight is 417 g/mol. The number of ether oxygens (including phenoxy) is 1. The van der Waals surface area contributed by atoms with E-state index >= 15 is 0 Å². The topological polar surface area (TPSA) is 84.0 Å². The molecule has 7 nitrogen and oxygen atoms in total. The van der Waals surface area contributed by atoms with Gasteiger partial charge in [0.25, 0.3) is 5.91 Å². The maximum Gasteiger partial charge on any atom is 0.340 e. The summed E-state index contributed by atoms with van der Waals surface area (Å²) in [6.45, 7) is 5.03. The number of amides is 1. The van der Waals surface area contributed by atoms with E-state index in [0.717, 1.165) is 19.3 Å². The highest BCUT2D eigenvalue weighted by molar-refractivity contribution is 7.89. The van der Waals surface area contributed by atoms with Gasteiger partial charge in [0, 0.05) is 26.2 Å². The Balaban J connectivity index is 2.13. The second-order valence-electron chi connectivity index (χ2n) is 6.25. The Labute approximate surface area is 165 Å². The number of hydrogen-bond donors (Lipinski definition) is 0. The van der Waals surface area contributed by atoms with Gasteiger partial charge in [-0.1, -0.05) is 25.4 Å². The lowest BCUT2D eigenvalue weighted by molar-refractivity contribution is -0.135. The summed E-state index contributed by atoms with van der Waals surface area (Å²) >= 11 is 6.05. The van der Waals surface area contributed by atoms with Crippen LogP contribution in [0.25, 0.3) is 0 Å². The van der Waals surface area contributed by atoms with E-state index in [9.17, 15) is 18.0 Å². The number of hydrogen-bond acceptors (Lipinski definition) is 5. The molecule has 0 aliphatic carbocycles. The number of benzene rings is 1. The molecule has 0 N–H and O–H groups in total. The zero-order valence-corrected chi connectivity index (χ0v) is 17.2. The van der Waals surface area contributed by atoms with Crippen LogP contribution in [0.1, 0.15) is 43.5 Å². The first-order valence-electron chi connectivity index (χ1n) is 9.05. The second-order valence-corrected chi connectivity index (χ2v) is 8.59. The first-order chi connectivity index (χ1) is 12.8. The molecule has 2 rings (SSSR count). The van der Waals surface area contributed by atoms with E-state index in [4.69, 9.17) is 16.3 Å². The second kappa shape index (κ2) is 9.52. The summed E-state index contributed by atoms with van der Waals surface area (Å²) in [5, 5.41) is 0.0731. The highest BCUT2D eigenvalue weighted by atomic mass is 35.5. The Morgan fingerprint density at radius 3 is 2.37 bits per heavy atom. The van der Waals surface area contributed by atoms with E-state index in [-0.39, 0.29) is 28.0 Å². The minimum absolute atomic E-state index is 0.0371. The van der Waals surface area contributed by atoms with Gasteiger partial charge in [0.15, 0.2) is 6.61 Å². The summed E-state index contributed by atoms with van der Waals surface area (Å²) in [6, 6.07) is 3.90. The molecule has 0 unspecified atom stereocenters. The van der Waals surface area contributed by atoms with Crippen molar-refractivity contribution in [2.24, 2.45) is 0 Å². The normalized spacial score (nSPS) is 15.0. The fourth-order valence-corrected chi connectivity index (χ4v) is 4.65. The molecule has 1 fully saturated rings. The molecule has 1 aromatic rings. The summed E-state index contributed by atoms with van der Waals surface area (Å²) in [5.74, 6) is -1.08. The van der Waals surface area contributed by atoms with Gasteiger partial charge >= 0.3 is 5.97 Å². The van der Waals surface area contributed by atoms with Crippen molar-refractivity contribution in [3.05, 3.63) is 28.8 Å². The van der Waals surface area contributed by atoms with E-state index in [1.807, 2.05) is 0 Å². The predicted molar refractivity (Wildman–Crippen MR) is 102 cm³/mol. The van der Waals surface area contributed by atoms with Gasteiger partial charge in [-0.25, -0.2) is 13.2 Å². The number of sulfonamides is 1. The van der Waals surface area contributed by atoms with Gasteiger partial charge < -0.3 is 9.64 Å². The zero-order valence-electron chi connectivity index (χ0n) is 15.6. The molecule has 1 aliphatic rings. The molecular weight excluding hydrogens is 392 g/mol. The number of nitrogens with zero attached hydrogens (tertiary/aromatic N) is 2. The summed E-state index contributed by atoms with van der Waals surface area (Å²) in [4.78, 5) is 26.1. The number of carbonyl (C=O) groups is 2. The number of esters is 1. The van der Waals surface area contributed by atoms with Crippen LogP contribution >= 0.6 is 11.6 Å². The molecule has 1 heterocycles. The van der Waals surface area contributed by atoms with E-state index in [1.54, 1.807) is 18.7 Å². The Morgan fingerprint density at radius 2 is 1.78 bits per heavy atom. The predicted octanol–water partition coefficient (Wildman–Crippen LogP) is 2.54. The molecule has 0 spiro atoms. The van der Waals surface area contributed by atoms with Crippen molar-refractivity contribution in [2.75, 3.05) is 32.8 Å². The molecule has 1 saturated heterocycles. The van der Waals surface area contributed by atoms with Crippen molar-refractivity contribution in [2.45, 2.75) is 38.0 Å².